The van der Waals surface area contributed by atoms with Gasteiger partial charge in [-0.25, -0.2) is 4.39 Å². The molecule has 150 valence electrons. The zero-order chi connectivity index (χ0) is 20.8. The Hall–Kier alpha value is -2.62. The predicted molar refractivity (Wildman–Crippen MR) is 92.1 cm³/mol. The van der Waals surface area contributed by atoms with Crippen molar-refractivity contribution in [3.05, 3.63) is 46.5 Å². The molecular formula is C17H15ClF4N4O2. The molecular weight excluding hydrogens is 404 g/mol. The summed E-state index contributed by atoms with van der Waals surface area (Å²) in [6.45, 7) is 0.137. The largest absolute Gasteiger partial charge is 0.421 e. The van der Waals surface area contributed by atoms with Crippen molar-refractivity contribution >= 4 is 29.1 Å². The molecule has 1 N–H and O–H groups in total. The molecule has 6 nitrogen and oxygen atoms in total. The van der Waals surface area contributed by atoms with E-state index in [0.717, 1.165) is 12.1 Å². The normalized spacial score (nSPS) is 20.0. The Morgan fingerprint density at radius 1 is 1.32 bits per heavy atom. The van der Waals surface area contributed by atoms with Crippen molar-refractivity contribution < 1.29 is 27.2 Å². The third-order valence-electron chi connectivity index (χ3n) is 4.64. The predicted octanol–water partition coefficient (Wildman–Crippen LogP) is 3.04. The summed E-state index contributed by atoms with van der Waals surface area (Å²) in [7, 11) is 3.04. The summed E-state index contributed by atoms with van der Waals surface area (Å²) >= 11 is 6.16. The molecule has 0 unspecified atom stereocenters. The van der Waals surface area contributed by atoms with Crippen LogP contribution < -0.4 is 5.32 Å². The van der Waals surface area contributed by atoms with Gasteiger partial charge < -0.3 is 10.2 Å². The van der Waals surface area contributed by atoms with Crippen molar-refractivity contribution in [3.8, 4) is 0 Å². The van der Waals surface area contributed by atoms with E-state index in [0.29, 0.717) is 11.6 Å². The molecule has 0 bridgehead atoms. The molecule has 28 heavy (non-hydrogen) atoms. The molecule has 2 heterocycles. The third-order valence-corrected chi connectivity index (χ3v) is 5.11. The number of amides is 2. The van der Waals surface area contributed by atoms with Crippen LogP contribution >= 0.6 is 11.6 Å². The van der Waals surface area contributed by atoms with Crippen molar-refractivity contribution in [2.75, 3.05) is 18.9 Å². The fourth-order valence-corrected chi connectivity index (χ4v) is 3.52. The van der Waals surface area contributed by atoms with Gasteiger partial charge in [0.25, 0.3) is 0 Å². The first-order chi connectivity index (χ1) is 13.0. The molecule has 0 radical (unpaired) electrons. The van der Waals surface area contributed by atoms with Gasteiger partial charge >= 0.3 is 6.18 Å². The zero-order valence-corrected chi connectivity index (χ0v) is 15.5. The maximum absolute atomic E-state index is 13.7. The van der Waals surface area contributed by atoms with E-state index in [1.807, 2.05) is 0 Å². The van der Waals surface area contributed by atoms with Crippen LogP contribution in [0.3, 0.4) is 0 Å². The molecule has 1 aromatic heterocycles. The van der Waals surface area contributed by atoms with Gasteiger partial charge in [0.15, 0.2) is 0 Å². The number of rotatable bonds is 3. The SMILES string of the molecule is CN1C[C@H](c2cnn(C)c2Cl)[C@@H](C(=O)Nc2cccc(F)c2C(F)(F)F)C1=O. The van der Waals surface area contributed by atoms with Gasteiger partial charge in [0.2, 0.25) is 11.8 Å². The lowest BCUT2D eigenvalue weighted by molar-refractivity contribution is -0.139. The van der Waals surface area contributed by atoms with E-state index in [2.05, 4.69) is 10.4 Å². The van der Waals surface area contributed by atoms with Gasteiger partial charge in [-0.05, 0) is 12.1 Å². The molecule has 1 saturated heterocycles. The number of nitrogens with zero attached hydrogens (tertiary/aromatic N) is 3. The van der Waals surface area contributed by atoms with Crippen molar-refractivity contribution in [1.29, 1.82) is 0 Å². The number of nitrogens with one attached hydrogen (secondary N) is 1. The smallest absolute Gasteiger partial charge is 0.344 e. The van der Waals surface area contributed by atoms with Gasteiger partial charge in [0.05, 0.1) is 11.9 Å². The number of aromatic nitrogens is 2. The average molecular weight is 419 g/mol. The van der Waals surface area contributed by atoms with Crippen molar-refractivity contribution in [1.82, 2.24) is 14.7 Å². The molecule has 2 amide bonds. The summed E-state index contributed by atoms with van der Waals surface area (Å²) < 4.78 is 54.6. The van der Waals surface area contributed by atoms with Gasteiger partial charge in [-0.15, -0.1) is 0 Å². The average Bonchev–Trinajstić information content (AvgIpc) is 3.06. The second-order valence-corrected chi connectivity index (χ2v) is 6.82. The van der Waals surface area contributed by atoms with Crippen LogP contribution in [-0.4, -0.2) is 40.1 Å². The molecule has 11 heteroatoms. The van der Waals surface area contributed by atoms with Crippen LogP contribution in [0, 0.1) is 11.7 Å². The summed E-state index contributed by atoms with van der Waals surface area (Å²) in [5.74, 6) is -5.10. The summed E-state index contributed by atoms with van der Waals surface area (Å²) in [6.07, 6.45) is -3.61. The van der Waals surface area contributed by atoms with Crippen molar-refractivity contribution in [2.45, 2.75) is 12.1 Å². The highest BCUT2D eigenvalue weighted by Gasteiger charge is 2.46. The molecule has 0 spiro atoms. The maximum atomic E-state index is 13.7. The second-order valence-electron chi connectivity index (χ2n) is 6.47. The molecule has 0 aliphatic carbocycles. The number of anilines is 1. The first-order valence-electron chi connectivity index (χ1n) is 8.11. The van der Waals surface area contributed by atoms with E-state index in [9.17, 15) is 27.2 Å². The summed E-state index contributed by atoms with van der Waals surface area (Å²) in [5.41, 5.74) is -1.92. The highest BCUT2D eigenvalue weighted by molar-refractivity contribution is 6.30. The van der Waals surface area contributed by atoms with Crippen LogP contribution in [0.2, 0.25) is 5.15 Å². The molecule has 1 aromatic carbocycles. The van der Waals surface area contributed by atoms with Gasteiger partial charge in [-0.1, -0.05) is 17.7 Å². The maximum Gasteiger partial charge on any atom is 0.421 e. The first kappa shape index (κ1) is 20.1. The van der Waals surface area contributed by atoms with Crippen LogP contribution in [0.1, 0.15) is 17.0 Å². The molecule has 2 atom stereocenters. The van der Waals surface area contributed by atoms with E-state index in [4.69, 9.17) is 11.6 Å². The number of carbonyl (C=O) groups excluding carboxylic acids is 2. The number of aryl methyl sites for hydroxylation is 1. The molecule has 2 aromatic rings. The molecule has 3 rings (SSSR count). The van der Waals surface area contributed by atoms with Crippen LogP contribution in [0.25, 0.3) is 0 Å². The minimum Gasteiger partial charge on any atom is -0.344 e. The lowest BCUT2D eigenvalue weighted by atomic mass is 9.89. The fourth-order valence-electron chi connectivity index (χ4n) is 3.29. The molecule has 1 aliphatic heterocycles. The van der Waals surface area contributed by atoms with E-state index in [-0.39, 0.29) is 11.7 Å². The number of likely N-dealkylation sites (tertiary alicyclic amines) is 1. The van der Waals surface area contributed by atoms with Crippen LogP contribution in [0.5, 0.6) is 0 Å². The Balaban J connectivity index is 1.96. The number of hydrogen-bond donors (Lipinski definition) is 1. The fraction of sp³-hybridized carbons (Fsp3) is 0.353. The number of hydrogen-bond acceptors (Lipinski definition) is 3. The van der Waals surface area contributed by atoms with E-state index >= 15 is 0 Å². The van der Waals surface area contributed by atoms with Crippen molar-refractivity contribution in [3.63, 3.8) is 0 Å². The number of alkyl halides is 3. The Kier molecular flexibility index (Phi) is 5.09. The Labute approximate surface area is 162 Å². The monoisotopic (exact) mass is 418 g/mol. The lowest BCUT2D eigenvalue weighted by Gasteiger charge is -2.18. The van der Waals surface area contributed by atoms with Gasteiger partial charge in [-0.2, -0.15) is 18.3 Å². The number of halogens is 5. The van der Waals surface area contributed by atoms with Crippen LogP contribution in [0.15, 0.2) is 24.4 Å². The third kappa shape index (κ3) is 3.44. The lowest BCUT2D eigenvalue weighted by Crippen LogP contribution is -2.33. The van der Waals surface area contributed by atoms with Crippen LogP contribution in [0.4, 0.5) is 23.2 Å². The van der Waals surface area contributed by atoms with E-state index < -0.39 is 46.9 Å². The highest BCUT2D eigenvalue weighted by Crippen LogP contribution is 2.39. The highest BCUT2D eigenvalue weighted by atomic mass is 35.5. The number of likely N-dealkylation sites (N-methyl/N-ethyl adjacent to an activating group) is 1. The first-order valence-corrected chi connectivity index (χ1v) is 8.49. The number of benzene rings is 1. The molecule has 1 aliphatic rings. The standard InChI is InChI=1S/C17H15ClF4N4O2/c1-25-7-9(8-6-23-26(2)14(8)18)12(16(25)28)15(27)24-11-5-3-4-10(19)13(11)17(20,21)22/h3-6,9,12H,7H2,1-2H3,(H,24,27)/t9-,12+/m1/s1. The number of carbonyl (C=O) groups is 2. The van der Waals surface area contributed by atoms with Gasteiger partial charge in [0, 0.05) is 32.1 Å². The van der Waals surface area contributed by atoms with Crippen LogP contribution in [-0.2, 0) is 22.8 Å². The van der Waals surface area contributed by atoms with Gasteiger partial charge in [0.1, 0.15) is 22.5 Å². The molecule has 1 fully saturated rings. The van der Waals surface area contributed by atoms with E-state index in [1.54, 1.807) is 7.05 Å². The summed E-state index contributed by atoms with van der Waals surface area (Å²) in [5, 5.41) is 6.25. The van der Waals surface area contributed by atoms with Crippen molar-refractivity contribution in [2.24, 2.45) is 13.0 Å². The molecule has 0 saturated carbocycles. The Morgan fingerprint density at radius 3 is 2.57 bits per heavy atom. The summed E-state index contributed by atoms with van der Waals surface area (Å²) in [6, 6.07) is 2.61. The summed E-state index contributed by atoms with van der Waals surface area (Å²) in [4.78, 5) is 26.5. The topological polar surface area (TPSA) is 67.2 Å². The van der Waals surface area contributed by atoms with E-state index in [1.165, 1.54) is 22.8 Å². The Bertz CT molecular complexity index is 944. The second kappa shape index (κ2) is 7.08. The minimum atomic E-state index is -5.02. The van der Waals surface area contributed by atoms with Gasteiger partial charge in [-0.3, -0.25) is 14.3 Å². The Morgan fingerprint density at radius 2 is 2.00 bits per heavy atom. The zero-order valence-electron chi connectivity index (χ0n) is 14.7. The quantitative estimate of drug-likeness (QED) is 0.615. The minimum absolute atomic E-state index is 0.137.